The Hall–Kier alpha value is -2.39. The summed E-state index contributed by atoms with van der Waals surface area (Å²) in [4.78, 5) is 27.9. The molecule has 2 fully saturated rings. The van der Waals surface area contributed by atoms with Crippen molar-refractivity contribution in [3.63, 3.8) is 0 Å². The minimum atomic E-state index is -1.18. The SMILES string of the molecule is Cc1cccc2c(C(C)(C)NC(=O)C34CC3CN(C(=O)OC(C)(C)C)C4)nn(COCC[Si](C)(C)C)c12. The Morgan fingerprint density at radius 2 is 1.89 bits per heavy atom. The van der Waals surface area contributed by atoms with E-state index in [0.29, 0.717) is 19.8 Å². The van der Waals surface area contributed by atoms with Crippen molar-refractivity contribution in [2.75, 3.05) is 19.7 Å². The van der Waals surface area contributed by atoms with Crippen molar-refractivity contribution < 1.29 is 19.1 Å². The Morgan fingerprint density at radius 3 is 2.54 bits per heavy atom. The van der Waals surface area contributed by atoms with Crippen LogP contribution in [0.5, 0.6) is 0 Å². The van der Waals surface area contributed by atoms with Crippen LogP contribution in [0.2, 0.25) is 25.7 Å². The number of amides is 2. The molecule has 0 radical (unpaired) electrons. The number of aromatic nitrogens is 2. The molecule has 4 rings (SSSR count). The number of nitrogens with one attached hydrogen (secondary N) is 1. The van der Waals surface area contributed by atoms with Crippen LogP contribution in [0.25, 0.3) is 10.9 Å². The molecule has 1 aliphatic heterocycles. The van der Waals surface area contributed by atoms with E-state index in [0.717, 1.165) is 41.2 Å². The average molecular weight is 529 g/mol. The molecule has 1 saturated carbocycles. The maximum atomic E-state index is 13.6. The van der Waals surface area contributed by atoms with Gasteiger partial charge in [-0.2, -0.15) is 5.10 Å². The molecule has 204 valence electrons. The first-order chi connectivity index (χ1) is 17.0. The van der Waals surface area contributed by atoms with Crippen molar-refractivity contribution in [1.82, 2.24) is 20.0 Å². The zero-order valence-corrected chi connectivity index (χ0v) is 25.0. The summed E-state index contributed by atoms with van der Waals surface area (Å²) in [5.41, 5.74) is 1.18. The van der Waals surface area contributed by atoms with Gasteiger partial charge in [-0.3, -0.25) is 4.79 Å². The first-order valence-electron chi connectivity index (χ1n) is 13.4. The van der Waals surface area contributed by atoms with E-state index < -0.39 is 24.6 Å². The number of benzene rings is 1. The fourth-order valence-corrected chi connectivity index (χ4v) is 6.03. The molecule has 2 aromatic rings. The highest BCUT2D eigenvalue weighted by Crippen LogP contribution is 2.58. The Morgan fingerprint density at radius 1 is 1.19 bits per heavy atom. The van der Waals surface area contributed by atoms with Gasteiger partial charge in [0.15, 0.2) is 0 Å². The van der Waals surface area contributed by atoms with E-state index >= 15 is 0 Å². The molecular weight excluding hydrogens is 484 g/mol. The van der Waals surface area contributed by atoms with Gasteiger partial charge in [0.1, 0.15) is 12.3 Å². The number of likely N-dealkylation sites (tertiary alicyclic amines) is 1. The smallest absolute Gasteiger partial charge is 0.410 e. The van der Waals surface area contributed by atoms with E-state index in [1.54, 1.807) is 4.90 Å². The van der Waals surface area contributed by atoms with E-state index in [1.165, 1.54) is 0 Å². The topological polar surface area (TPSA) is 85.7 Å². The highest BCUT2D eigenvalue weighted by atomic mass is 28.3. The van der Waals surface area contributed by atoms with Crippen molar-refractivity contribution in [2.24, 2.45) is 11.3 Å². The van der Waals surface area contributed by atoms with Crippen LogP contribution in [0, 0.1) is 18.3 Å². The van der Waals surface area contributed by atoms with Crippen LogP contribution in [-0.4, -0.2) is 60.1 Å². The third-order valence-corrected chi connectivity index (χ3v) is 9.15. The standard InChI is InChI=1S/C28H44N4O4Si/c1-19-11-10-12-21-22(19)32(18-35-13-14-37(7,8)9)30-23(21)27(5,6)29-24(33)28-15-20(28)16-31(17-28)25(34)36-26(2,3)4/h10-12,20H,13-18H2,1-9H3,(H,29,33). The summed E-state index contributed by atoms with van der Waals surface area (Å²) in [5.74, 6) is 0.155. The largest absolute Gasteiger partial charge is 0.444 e. The molecule has 2 heterocycles. The number of aryl methyl sites for hydroxylation is 1. The minimum absolute atomic E-state index is 0.0182. The van der Waals surface area contributed by atoms with Crippen LogP contribution in [0.15, 0.2) is 18.2 Å². The van der Waals surface area contributed by atoms with Gasteiger partial charge in [0, 0.05) is 33.2 Å². The second-order valence-electron chi connectivity index (χ2n) is 13.7. The molecule has 9 heteroatoms. The molecule has 0 bridgehead atoms. The molecule has 1 aromatic carbocycles. The number of fused-ring (bicyclic) bond motifs is 2. The van der Waals surface area contributed by atoms with E-state index in [1.807, 2.05) is 45.4 Å². The van der Waals surface area contributed by atoms with Crippen molar-refractivity contribution in [3.8, 4) is 0 Å². The normalized spacial score (nSPS) is 21.8. The van der Waals surface area contributed by atoms with E-state index in [9.17, 15) is 9.59 Å². The molecule has 2 amide bonds. The van der Waals surface area contributed by atoms with Crippen molar-refractivity contribution in [2.45, 2.75) is 91.5 Å². The van der Waals surface area contributed by atoms with Crippen LogP contribution >= 0.6 is 0 Å². The molecule has 1 aromatic heterocycles. The molecule has 1 aliphatic carbocycles. The number of para-hydroxylation sites is 1. The number of carbonyl (C=O) groups is 2. The fourth-order valence-electron chi connectivity index (χ4n) is 5.27. The lowest BCUT2D eigenvalue weighted by Crippen LogP contribution is -2.47. The Bertz CT molecular complexity index is 1190. The molecule has 2 unspecified atom stereocenters. The second kappa shape index (κ2) is 9.41. The van der Waals surface area contributed by atoms with Crippen LogP contribution in [-0.2, 0) is 26.5 Å². The highest BCUT2D eigenvalue weighted by molar-refractivity contribution is 6.76. The highest BCUT2D eigenvalue weighted by Gasteiger charge is 2.66. The van der Waals surface area contributed by atoms with Gasteiger partial charge in [0.25, 0.3) is 0 Å². The van der Waals surface area contributed by atoms with Gasteiger partial charge in [-0.15, -0.1) is 0 Å². The van der Waals surface area contributed by atoms with E-state index in [4.69, 9.17) is 14.6 Å². The molecule has 1 N–H and O–H groups in total. The summed E-state index contributed by atoms with van der Waals surface area (Å²) in [7, 11) is -1.18. The van der Waals surface area contributed by atoms with E-state index in [-0.39, 0.29) is 17.9 Å². The number of ether oxygens (including phenoxy) is 2. The van der Waals surface area contributed by atoms with Crippen LogP contribution in [0.1, 0.15) is 52.3 Å². The van der Waals surface area contributed by atoms with E-state index in [2.05, 4.69) is 44.0 Å². The molecule has 0 spiro atoms. The number of rotatable bonds is 8. The van der Waals surface area contributed by atoms with Gasteiger partial charge < -0.3 is 19.7 Å². The maximum absolute atomic E-state index is 13.6. The first kappa shape index (κ1) is 27.6. The quantitative estimate of drug-likeness (QED) is 0.373. The zero-order chi connectivity index (χ0) is 27.4. The zero-order valence-electron chi connectivity index (χ0n) is 24.0. The summed E-state index contributed by atoms with van der Waals surface area (Å²) in [6.45, 7) is 20.7. The third kappa shape index (κ3) is 5.87. The molecule has 1 saturated heterocycles. The number of piperidine rings is 1. The molecule has 2 atom stereocenters. The molecular formula is C28H44N4O4Si. The van der Waals surface area contributed by atoms with Crippen LogP contribution < -0.4 is 5.32 Å². The first-order valence-corrected chi connectivity index (χ1v) is 17.1. The third-order valence-electron chi connectivity index (χ3n) is 7.45. The second-order valence-corrected chi connectivity index (χ2v) is 19.3. The van der Waals surface area contributed by atoms with Gasteiger partial charge in [-0.1, -0.05) is 37.8 Å². The molecule has 37 heavy (non-hydrogen) atoms. The lowest BCUT2D eigenvalue weighted by molar-refractivity contribution is -0.128. The summed E-state index contributed by atoms with van der Waals surface area (Å²) in [5, 5.41) is 9.27. The van der Waals surface area contributed by atoms with Gasteiger partial charge in [0.05, 0.1) is 22.2 Å². The van der Waals surface area contributed by atoms with Crippen LogP contribution in [0.4, 0.5) is 4.79 Å². The minimum Gasteiger partial charge on any atom is -0.444 e. The number of carbonyl (C=O) groups excluding carboxylic acids is 2. The lowest BCUT2D eigenvalue weighted by Gasteiger charge is -2.29. The summed E-state index contributed by atoms with van der Waals surface area (Å²) >= 11 is 0. The van der Waals surface area contributed by atoms with Gasteiger partial charge >= 0.3 is 6.09 Å². The Labute approximate surface area is 222 Å². The lowest BCUT2D eigenvalue weighted by atomic mass is 9.94. The number of hydrogen-bond donors (Lipinski definition) is 1. The number of hydrogen-bond acceptors (Lipinski definition) is 5. The van der Waals surface area contributed by atoms with Gasteiger partial charge in [-0.05, 0) is 65.5 Å². The molecule has 2 aliphatic rings. The maximum Gasteiger partial charge on any atom is 0.410 e. The van der Waals surface area contributed by atoms with Gasteiger partial charge in [0.2, 0.25) is 5.91 Å². The van der Waals surface area contributed by atoms with Crippen molar-refractivity contribution in [1.29, 1.82) is 0 Å². The summed E-state index contributed by atoms with van der Waals surface area (Å²) < 4.78 is 13.5. The fraction of sp³-hybridized carbons (Fsp3) is 0.679. The summed E-state index contributed by atoms with van der Waals surface area (Å²) in [6.07, 6.45) is 0.452. The van der Waals surface area contributed by atoms with Gasteiger partial charge in [-0.25, -0.2) is 9.48 Å². The number of nitrogens with zero attached hydrogens (tertiary/aromatic N) is 3. The average Bonchev–Trinajstić information content (AvgIpc) is 3.11. The Kier molecular flexibility index (Phi) is 7.03. The van der Waals surface area contributed by atoms with Crippen LogP contribution in [0.3, 0.4) is 0 Å². The van der Waals surface area contributed by atoms with Crippen molar-refractivity contribution in [3.05, 3.63) is 29.5 Å². The Balaban J connectivity index is 1.50. The summed E-state index contributed by atoms with van der Waals surface area (Å²) in [6, 6.07) is 7.27. The predicted molar refractivity (Wildman–Crippen MR) is 148 cm³/mol. The predicted octanol–water partition coefficient (Wildman–Crippen LogP) is 5.27. The van der Waals surface area contributed by atoms with Crippen molar-refractivity contribution >= 4 is 31.0 Å². The molecule has 8 nitrogen and oxygen atoms in total. The monoisotopic (exact) mass is 528 g/mol.